The third kappa shape index (κ3) is 4.61. The van der Waals surface area contributed by atoms with E-state index in [0.717, 1.165) is 5.75 Å². The van der Waals surface area contributed by atoms with E-state index in [-0.39, 0.29) is 22.2 Å². The van der Waals surface area contributed by atoms with Gasteiger partial charge in [-0.1, -0.05) is 24.4 Å². The Labute approximate surface area is 132 Å². The van der Waals surface area contributed by atoms with Crippen molar-refractivity contribution in [2.45, 2.75) is 30.9 Å². The van der Waals surface area contributed by atoms with Gasteiger partial charge < -0.3 is 5.32 Å². The molecule has 1 N–H and O–H groups in total. The van der Waals surface area contributed by atoms with E-state index in [0.29, 0.717) is 11.8 Å². The lowest BCUT2D eigenvalue weighted by Crippen LogP contribution is -2.26. The first-order valence-corrected chi connectivity index (χ1v) is 8.34. The van der Waals surface area contributed by atoms with Crippen LogP contribution in [0.4, 0.5) is 5.69 Å². The summed E-state index contributed by atoms with van der Waals surface area (Å²) < 4.78 is 0. The molecule has 1 saturated carbocycles. The first kappa shape index (κ1) is 16.1. The highest BCUT2D eigenvalue weighted by molar-refractivity contribution is 7.99. The fourth-order valence-corrected chi connectivity index (χ4v) is 3.76. The number of halogens is 1. The highest BCUT2D eigenvalue weighted by Crippen LogP contribution is 2.29. The molecule has 1 amide bonds. The molecule has 0 saturated heterocycles. The summed E-state index contributed by atoms with van der Waals surface area (Å²) in [5, 5.41) is 14.4. The van der Waals surface area contributed by atoms with Crippen LogP contribution >= 0.6 is 23.4 Å². The molecule has 0 heterocycles. The van der Waals surface area contributed by atoms with Crippen LogP contribution in [0, 0.1) is 10.1 Å². The van der Waals surface area contributed by atoms with Gasteiger partial charge in [0.15, 0.2) is 0 Å². The molecule has 7 heteroatoms. The Balaban J connectivity index is 1.84. The van der Waals surface area contributed by atoms with Crippen LogP contribution in [-0.4, -0.2) is 28.4 Å². The summed E-state index contributed by atoms with van der Waals surface area (Å²) >= 11 is 7.80. The van der Waals surface area contributed by atoms with Gasteiger partial charge in [-0.2, -0.15) is 11.8 Å². The molecule has 0 aliphatic heterocycles. The predicted molar refractivity (Wildman–Crippen MR) is 85.2 cm³/mol. The Morgan fingerprint density at radius 3 is 2.81 bits per heavy atom. The number of thioether (sulfide) groups is 1. The molecule has 1 aliphatic carbocycles. The van der Waals surface area contributed by atoms with Crippen molar-refractivity contribution in [1.82, 2.24) is 5.32 Å². The third-order valence-corrected chi connectivity index (χ3v) is 5.16. The fraction of sp³-hybridized carbons (Fsp3) is 0.500. The van der Waals surface area contributed by atoms with Crippen molar-refractivity contribution in [3.8, 4) is 0 Å². The number of nitrogens with one attached hydrogen (secondary N) is 1. The van der Waals surface area contributed by atoms with Gasteiger partial charge in [0.1, 0.15) is 0 Å². The van der Waals surface area contributed by atoms with Crippen molar-refractivity contribution in [1.29, 1.82) is 0 Å². The molecule has 0 atom stereocenters. The van der Waals surface area contributed by atoms with E-state index in [1.807, 2.05) is 11.8 Å². The highest BCUT2D eigenvalue weighted by atomic mass is 35.5. The van der Waals surface area contributed by atoms with Crippen LogP contribution in [0.3, 0.4) is 0 Å². The van der Waals surface area contributed by atoms with Crippen LogP contribution in [0.5, 0.6) is 0 Å². The molecular formula is C14H17ClN2O3S. The first-order chi connectivity index (χ1) is 10.1. The largest absolute Gasteiger partial charge is 0.351 e. The van der Waals surface area contributed by atoms with E-state index in [1.54, 1.807) is 0 Å². The minimum absolute atomic E-state index is 0.134. The maximum atomic E-state index is 12.0. The number of hydrogen-bond donors (Lipinski definition) is 1. The number of benzene rings is 1. The number of nitro benzene ring substituents is 1. The molecule has 1 aromatic rings. The van der Waals surface area contributed by atoms with Gasteiger partial charge in [0.05, 0.1) is 15.5 Å². The summed E-state index contributed by atoms with van der Waals surface area (Å²) in [6, 6.07) is 3.87. The lowest BCUT2D eigenvalue weighted by molar-refractivity contribution is -0.384. The molecule has 1 aromatic carbocycles. The van der Waals surface area contributed by atoms with Crippen molar-refractivity contribution < 1.29 is 9.72 Å². The molecule has 0 radical (unpaired) electrons. The van der Waals surface area contributed by atoms with Crippen molar-refractivity contribution in [2.75, 3.05) is 12.3 Å². The van der Waals surface area contributed by atoms with Crippen LogP contribution in [0.15, 0.2) is 18.2 Å². The molecule has 1 aliphatic rings. The second-order valence-corrected chi connectivity index (χ2v) is 6.77. The maximum Gasteiger partial charge on any atom is 0.270 e. The van der Waals surface area contributed by atoms with E-state index in [9.17, 15) is 14.9 Å². The topological polar surface area (TPSA) is 72.2 Å². The lowest BCUT2D eigenvalue weighted by atomic mass is 10.2. The summed E-state index contributed by atoms with van der Waals surface area (Å²) in [5.74, 6) is 0.485. The van der Waals surface area contributed by atoms with Gasteiger partial charge in [0, 0.05) is 29.7 Å². The van der Waals surface area contributed by atoms with Crippen molar-refractivity contribution in [3.05, 3.63) is 38.9 Å². The number of nitrogens with zero attached hydrogens (tertiary/aromatic N) is 1. The molecule has 114 valence electrons. The molecule has 0 unspecified atom stereocenters. The minimum atomic E-state index is -0.539. The van der Waals surface area contributed by atoms with Gasteiger partial charge in [0.25, 0.3) is 11.6 Å². The number of carbonyl (C=O) groups is 1. The Hall–Kier alpha value is -1.27. The van der Waals surface area contributed by atoms with Crippen molar-refractivity contribution >= 4 is 35.0 Å². The van der Waals surface area contributed by atoms with E-state index in [4.69, 9.17) is 11.6 Å². The average molecular weight is 329 g/mol. The van der Waals surface area contributed by atoms with Crippen molar-refractivity contribution in [2.24, 2.45) is 0 Å². The standard InChI is InChI=1S/C14H17ClN2O3S/c15-13-6-5-10(17(19)20)9-12(13)14(18)16-7-8-21-11-3-1-2-4-11/h5-6,9,11H,1-4,7-8H2,(H,16,18). The summed E-state index contributed by atoms with van der Waals surface area (Å²) in [6.07, 6.45) is 5.12. The van der Waals surface area contributed by atoms with Gasteiger partial charge in [-0.3, -0.25) is 14.9 Å². The summed E-state index contributed by atoms with van der Waals surface area (Å²) in [5.41, 5.74) is 0.0154. The number of non-ortho nitro benzene ring substituents is 1. The second-order valence-electron chi connectivity index (χ2n) is 4.95. The molecule has 0 bridgehead atoms. The second kappa shape index (κ2) is 7.66. The molecule has 5 nitrogen and oxygen atoms in total. The summed E-state index contributed by atoms with van der Waals surface area (Å²) in [7, 11) is 0. The zero-order valence-corrected chi connectivity index (χ0v) is 13.1. The monoisotopic (exact) mass is 328 g/mol. The molecular weight excluding hydrogens is 312 g/mol. The number of nitro groups is 1. The number of amides is 1. The van der Waals surface area contributed by atoms with Crippen LogP contribution in [0.2, 0.25) is 5.02 Å². The summed E-state index contributed by atoms with van der Waals surface area (Å²) in [4.78, 5) is 22.2. The Kier molecular flexibility index (Phi) is 5.87. The lowest BCUT2D eigenvalue weighted by Gasteiger charge is -2.10. The van der Waals surface area contributed by atoms with Gasteiger partial charge in [0.2, 0.25) is 0 Å². The van der Waals surface area contributed by atoms with E-state index >= 15 is 0 Å². The molecule has 0 aromatic heterocycles. The van der Waals surface area contributed by atoms with Crippen molar-refractivity contribution in [3.63, 3.8) is 0 Å². The molecule has 21 heavy (non-hydrogen) atoms. The summed E-state index contributed by atoms with van der Waals surface area (Å²) in [6.45, 7) is 0.541. The van der Waals surface area contributed by atoms with Gasteiger partial charge in [-0.25, -0.2) is 0 Å². The predicted octanol–water partition coefficient (Wildman–Crippen LogP) is 3.65. The fourth-order valence-electron chi connectivity index (χ4n) is 2.34. The van der Waals surface area contributed by atoms with Crippen LogP contribution in [0.25, 0.3) is 0 Å². The first-order valence-electron chi connectivity index (χ1n) is 6.91. The third-order valence-electron chi connectivity index (χ3n) is 3.45. The Morgan fingerprint density at radius 1 is 1.43 bits per heavy atom. The Bertz CT molecular complexity index is 533. The van der Waals surface area contributed by atoms with Gasteiger partial charge >= 0.3 is 0 Å². The quantitative estimate of drug-likeness (QED) is 0.491. The van der Waals surface area contributed by atoms with Gasteiger partial charge in [-0.15, -0.1) is 0 Å². The van der Waals surface area contributed by atoms with E-state index in [2.05, 4.69) is 5.32 Å². The normalized spacial score (nSPS) is 15.1. The maximum absolute atomic E-state index is 12.0. The van der Waals surface area contributed by atoms with E-state index in [1.165, 1.54) is 43.9 Å². The Morgan fingerprint density at radius 2 is 2.14 bits per heavy atom. The molecule has 1 fully saturated rings. The average Bonchev–Trinajstić information content (AvgIpc) is 2.96. The minimum Gasteiger partial charge on any atom is -0.351 e. The highest BCUT2D eigenvalue weighted by Gasteiger charge is 2.17. The van der Waals surface area contributed by atoms with Crippen LogP contribution < -0.4 is 5.32 Å². The van der Waals surface area contributed by atoms with Gasteiger partial charge in [-0.05, 0) is 18.9 Å². The smallest absolute Gasteiger partial charge is 0.270 e. The number of carbonyl (C=O) groups excluding carboxylic acids is 1. The van der Waals surface area contributed by atoms with E-state index < -0.39 is 4.92 Å². The molecule has 2 rings (SSSR count). The number of rotatable bonds is 6. The molecule has 0 spiro atoms. The zero-order chi connectivity index (χ0) is 15.2. The SMILES string of the molecule is O=C(NCCSC1CCCC1)c1cc([N+](=O)[O-])ccc1Cl. The zero-order valence-electron chi connectivity index (χ0n) is 11.5. The van der Waals surface area contributed by atoms with Crippen LogP contribution in [-0.2, 0) is 0 Å². The number of hydrogen-bond acceptors (Lipinski definition) is 4. The van der Waals surface area contributed by atoms with Crippen LogP contribution in [0.1, 0.15) is 36.0 Å².